The third-order valence-electron chi connectivity index (χ3n) is 3.94. The molecule has 1 heterocycles. The van der Waals surface area contributed by atoms with Crippen molar-refractivity contribution in [3.63, 3.8) is 0 Å². The maximum absolute atomic E-state index is 11.7. The molecule has 0 aromatic heterocycles. The first kappa shape index (κ1) is 11.9. The topological polar surface area (TPSA) is 38.8 Å². The van der Waals surface area contributed by atoms with Crippen LogP contribution in [-0.2, 0) is 14.3 Å². The zero-order valence-electron chi connectivity index (χ0n) is 10.3. The van der Waals surface area contributed by atoms with Crippen LogP contribution in [0, 0.1) is 11.3 Å². The monoisotopic (exact) mass is 226 g/mol. The molecule has 3 atom stereocenters. The van der Waals surface area contributed by atoms with Crippen LogP contribution in [0.2, 0.25) is 0 Å². The van der Waals surface area contributed by atoms with Crippen molar-refractivity contribution in [3.8, 4) is 0 Å². The number of carbonyl (C=O) groups excluding carboxylic acids is 1. The number of ether oxygens (including phenoxy) is 2. The van der Waals surface area contributed by atoms with E-state index in [2.05, 4.69) is 6.92 Å². The van der Waals surface area contributed by atoms with Crippen LogP contribution < -0.4 is 0 Å². The maximum atomic E-state index is 11.7. The SMILES string of the molecule is CCOC(=O)CC1(C2CO2)CCCC(C)C1. The first-order valence-electron chi connectivity index (χ1n) is 6.43. The second kappa shape index (κ2) is 4.74. The van der Waals surface area contributed by atoms with Gasteiger partial charge in [-0.1, -0.05) is 19.8 Å². The summed E-state index contributed by atoms with van der Waals surface area (Å²) in [6.07, 6.45) is 5.63. The Morgan fingerprint density at radius 3 is 2.88 bits per heavy atom. The standard InChI is InChI=1S/C13H22O3/c1-3-15-12(14)8-13(11-9-16-11)6-4-5-10(2)7-13/h10-11H,3-9H2,1-2H3. The Labute approximate surface area is 97.5 Å². The Morgan fingerprint density at radius 1 is 1.56 bits per heavy atom. The van der Waals surface area contributed by atoms with E-state index in [-0.39, 0.29) is 11.4 Å². The molecular formula is C13H22O3. The van der Waals surface area contributed by atoms with Gasteiger partial charge in [-0.3, -0.25) is 4.79 Å². The minimum atomic E-state index is -0.0490. The van der Waals surface area contributed by atoms with E-state index >= 15 is 0 Å². The normalized spacial score (nSPS) is 38.1. The molecule has 1 saturated heterocycles. The molecule has 2 aliphatic rings. The number of hydrogen-bond donors (Lipinski definition) is 0. The highest BCUT2D eigenvalue weighted by atomic mass is 16.6. The average Bonchev–Trinajstić information content (AvgIpc) is 3.00. The molecule has 0 bridgehead atoms. The predicted octanol–water partition coefficient (Wildman–Crippen LogP) is 2.53. The Balaban J connectivity index is 2.00. The lowest BCUT2D eigenvalue weighted by molar-refractivity contribution is -0.147. The molecule has 1 aliphatic carbocycles. The predicted molar refractivity (Wildman–Crippen MR) is 61.1 cm³/mol. The Hall–Kier alpha value is -0.570. The van der Waals surface area contributed by atoms with Crippen molar-refractivity contribution in [2.45, 2.75) is 52.1 Å². The molecule has 0 aromatic carbocycles. The molecule has 0 amide bonds. The van der Waals surface area contributed by atoms with Crippen molar-refractivity contribution in [3.05, 3.63) is 0 Å². The van der Waals surface area contributed by atoms with Crippen molar-refractivity contribution < 1.29 is 14.3 Å². The highest BCUT2D eigenvalue weighted by molar-refractivity contribution is 5.70. The number of carbonyl (C=O) groups is 1. The quantitative estimate of drug-likeness (QED) is 0.546. The molecule has 1 saturated carbocycles. The van der Waals surface area contributed by atoms with Crippen LogP contribution in [0.15, 0.2) is 0 Å². The van der Waals surface area contributed by atoms with Crippen LogP contribution in [0.1, 0.15) is 46.0 Å². The van der Waals surface area contributed by atoms with E-state index in [0.29, 0.717) is 25.0 Å². The van der Waals surface area contributed by atoms with Gasteiger partial charge in [-0.05, 0) is 25.7 Å². The first-order valence-corrected chi connectivity index (χ1v) is 6.43. The van der Waals surface area contributed by atoms with E-state index in [1.807, 2.05) is 6.92 Å². The van der Waals surface area contributed by atoms with E-state index in [9.17, 15) is 4.79 Å². The minimum Gasteiger partial charge on any atom is -0.466 e. The lowest BCUT2D eigenvalue weighted by Crippen LogP contribution is -2.36. The van der Waals surface area contributed by atoms with Gasteiger partial charge < -0.3 is 9.47 Å². The number of rotatable bonds is 4. The summed E-state index contributed by atoms with van der Waals surface area (Å²) in [6.45, 7) is 5.46. The van der Waals surface area contributed by atoms with Crippen LogP contribution in [0.25, 0.3) is 0 Å². The molecule has 3 heteroatoms. The lowest BCUT2D eigenvalue weighted by Gasteiger charge is -2.38. The average molecular weight is 226 g/mol. The summed E-state index contributed by atoms with van der Waals surface area (Å²) in [5, 5.41) is 0. The van der Waals surface area contributed by atoms with Crippen molar-refractivity contribution >= 4 is 5.97 Å². The molecule has 0 spiro atoms. The van der Waals surface area contributed by atoms with E-state index in [4.69, 9.17) is 9.47 Å². The fourth-order valence-corrected chi connectivity index (χ4v) is 3.17. The van der Waals surface area contributed by atoms with Crippen LogP contribution in [0.4, 0.5) is 0 Å². The second-order valence-electron chi connectivity index (χ2n) is 5.37. The Bertz CT molecular complexity index is 260. The second-order valence-corrected chi connectivity index (χ2v) is 5.37. The highest BCUT2D eigenvalue weighted by Gasteiger charge is 2.49. The molecule has 0 aromatic rings. The van der Waals surface area contributed by atoms with Gasteiger partial charge in [-0.15, -0.1) is 0 Å². The maximum Gasteiger partial charge on any atom is 0.306 e. The smallest absolute Gasteiger partial charge is 0.306 e. The first-order chi connectivity index (χ1) is 7.66. The van der Waals surface area contributed by atoms with Crippen LogP contribution in [0.3, 0.4) is 0 Å². The Morgan fingerprint density at radius 2 is 2.31 bits per heavy atom. The zero-order chi connectivity index (χ0) is 11.6. The molecule has 2 rings (SSSR count). The number of esters is 1. The van der Waals surface area contributed by atoms with E-state index in [1.165, 1.54) is 12.8 Å². The van der Waals surface area contributed by atoms with Crippen LogP contribution >= 0.6 is 0 Å². The fourth-order valence-electron chi connectivity index (χ4n) is 3.17. The van der Waals surface area contributed by atoms with Gasteiger partial charge in [-0.25, -0.2) is 0 Å². The van der Waals surface area contributed by atoms with Gasteiger partial charge in [0.15, 0.2) is 0 Å². The molecule has 0 N–H and O–H groups in total. The molecule has 16 heavy (non-hydrogen) atoms. The summed E-state index contributed by atoms with van der Waals surface area (Å²) >= 11 is 0. The molecule has 3 unspecified atom stereocenters. The van der Waals surface area contributed by atoms with E-state index < -0.39 is 0 Å². The third-order valence-corrected chi connectivity index (χ3v) is 3.94. The van der Waals surface area contributed by atoms with E-state index in [0.717, 1.165) is 19.4 Å². The summed E-state index contributed by atoms with van der Waals surface area (Å²) in [7, 11) is 0. The van der Waals surface area contributed by atoms with Gasteiger partial charge in [0.25, 0.3) is 0 Å². The van der Waals surface area contributed by atoms with Gasteiger partial charge in [0, 0.05) is 5.41 Å². The lowest BCUT2D eigenvalue weighted by atomic mass is 9.66. The van der Waals surface area contributed by atoms with Gasteiger partial charge in [-0.2, -0.15) is 0 Å². The highest BCUT2D eigenvalue weighted by Crippen LogP contribution is 2.49. The van der Waals surface area contributed by atoms with Crippen LogP contribution in [-0.4, -0.2) is 25.3 Å². The molecule has 0 radical (unpaired) electrons. The van der Waals surface area contributed by atoms with Gasteiger partial charge >= 0.3 is 5.97 Å². The molecule has 3 nitrogen and oxygen atoms in total. The minimum absolute atomic E-state index is 0.0490. The van der Waals surface area contributed by atoms with Gasteiger partial charge in [0.05, 0.1) is 25.7 Å². The summed E-state index contributed by atoms with van der Waals surface area (Å²) in [6, 6.07) is 0. The summed E-state index contributed by atoms with van der Waals surface area (Å²) in [5.74, 6) is 0.666. The van der Waals surface area contributed by atoms with Gasteiger partial charge in [0.2, 0.25) is 0 Å². The largest absolute Gasteiger partial charge is 0.466 e. The Kier molecular flexibility index (Phi) is 3.53. The summed E-state index contributed by atoms with van der Waals surface area (Å²) < 4.78 is 10.6. The van der Waals surface area contributed by atoms with Gasteiger partial charge in [0.1, 0.15) is 0 Å². The summed E-state index contributed by atoms with van der Waals surface area (Å²) in [5.41, 5.74) is 0.0872. The number of hydrogen-bond acceptors (Lipinski definition) is 3. The van der Waals surface area contributed by atoms with Crippen molar-refractivity contribution in [1.82, 2.24) is 0 Å². The molecule has 92 valence electrons. The van der Waals surface area contributed by atoms with Crippen LogP contribution in [0.5, 0.6) is 0 Å². The zero-order valence-corrected chi connectivity index (χ0v) is 10.3. The van der Waals surface area contributed by atoms with E-state index in [1.54, 1.807) is 0 Å². The third kappa shape index (κ3) is 2.57. The van der Waals surface area contributed by atoms with Crippen molar-refractivity contribution in [2.24, 2.45) is 11.3 Å². The molecule has 1 aliphatic heterocycles. The molecule has 2 fully saturated rings. The number of epoxide rings is 1. The fraction of sp³-hybridized carbons (Fsp3) is 0.923. The van der Waals surface area contributed by atoms with Crippen molar-refractivity contribution in [2.75, 3.05) is 13.2 Å². The van der Waals surface area contributed by atoms with Crippen molar-refractivity contribution in [1.29, 1.82) is 0 Å². The molecular weight excluding hydrogens is 204 g/mol. The summed E-state index contributed by atoms with van der Waals surface area (Å²) in [4.78, 5) is 11.7.